The molecule has 0 aliphatic heterocycles. The molecule has 0 unspecified atom stereocenters. The summed E-state index contributed by atoms with van der Waals surface area (Å²) in [5, 5.41) is 0. The van der Waals surface area contributed by atoms with Gasteiger partial charge in [-0.05, 0) is 83.9 Å². The summed E-state index contributed by atoms with van der Waals surface area (Å²) in [6.07, 6.45) is 0. The zero-order chi connectivity index (χ0) is 26.4. The Bertz CT molecular complexity index is 1580. The number of anilines is 6. The number of benzene rings is 6. The van der Waals surface area contributed by atoms with Crippen LogP contribution in [-0.2, 0) is 0 Å². The molecule has 0 heterocycles. The van der Waals surface area contributed by atoms with Crippen molar-refractivity contribution in [3.8, 4) is 11.1 Å². The zero-order valence-electron chi connectivity index (χ0n) is 22.0. The van der Waals surface area contributed by atoms with Crippen molar-refractivity contribution >= 4 is 47.4 Å². The van der Waals surface area contributed by atoms with Crippen LogP contribution >= 0.6 is 0 Å². The summed E-state index contributed by atoms with van der Waals surface area (Å²) < 4.78 is 0. The SMILES string of the molecule is Bc1ccc(N(c2ccccc2)c2ccc(-c3ccc(N(c4ccccc4)c4ccccc4)cc3)cc2)cc1. The maximum atomic E-state index is 2.30. The van der Waals surface area contributed by atoms with Gasteiger partial charge in [-0.1, -0.05) is 96.5 Å². The van der Waals surface area contributed by atoms with Gasteiger partial charge in [-0.3, -0.25) is 0 Å². The van der Waals surface area contributed by atoms with Gasteiger partial charge in [-0.15, -0.1) is 0 Å². The minimum atomic E-state index is 1.13. The second-order valence-electron chi connectivity index (χ2n) is 9.61. The Hall–Kier alpha value is -5.02. The van der Waals surface area contributed by atoms with E-state index in [0.29, 0.717) is 0 Å². The fourth-order valence-electron chi connectivity index (χ4n) is 4.93. The van der Waals surface area contributed by atoms with Crippen LogP contribution in [0.2, 0.25) is 0 Å². The lowest BCUT2D eigenvalue weighted by Crippen LogP contribution is -2.11. The Balaban J connectivity index is 1.31. The number of hydrogen-bond donors (Lipinski definition) is 0. The highest BCUT2D eigenvalue weighted by molar-refractivity contribution is 6.32. The van der Waals surface area contributed by atoms with Crippen molar-refractivity contribution in [1.29, 1.82) is 0 Å². The Labute approximate surface area is 231 Å². The van der Waals surface area contributed by atoms with E-state index in [1.807, 2.05) is 0 Å². The van der Waals surface area contributed by atoms with E-state index in [1.165, 1.54) is 16.6 Å². The summed E-state index contributed by atoms with van der Waals surface area (Å²) in [4.78, 5) is 4.58. The highest BCUT2D eigenvalue weighted by Gasteiger charge is 2.14. The molecule has 6 aromatic rings. The average molecular weight is 500 g/mol. The largest absolute Gasteiger partial charge is 0.311 e. The summed E-state index contributed by atoms with van der Waals surface area (Å²) in [6.45, 7) is 0. The van der Waals surface area contributed by atoms with Crippen LogP contribution in [0.4, 0.5) is 34.1 Å². The van der Waals surface area contributed by atoms with E-state index in [0.717, 1.165) is 34.1 Å². The van der Waals surface area contributed by atoms with Gasteiger partial charge in [-0.25, -0.2) is 0 Å². The molecule has 0 fully saturated rings. The highest BCUT2D eigenvalue weighted by Crippen LogP contribution is 2.37. The van der Waals surface area contributed by atoms with Crippen molar-refractivity contribution in [3.63, 3.8) is 0 Å². The van der Waals surface area contributed by atoms with Crippen LogP contribution in [0, 0.1) is 0 Å². The van der Waals surface area contributed by atoms with Crippen molar-refractivity contribution in [2.45, 2.75) is 0 Å². The van der Waals surface area contributed by atoms with Gasteiger partial charge in [0.2, 0.25) is 0 Å². The third-order valence-electron chi connectivity index (χ3n) is 6.92. The number of rotatable bonds is 7. The van der Waals surface area contributed by atoms with Gasteiger partial charge < -0.3 is 9.80 Å². The molecular formula is C36H29BN2. The van der Waals surface area contributed by atoms with E-state index in [9.17, 15) is 0 Å². The Morgan fingerprint density at radius 2 is 0.538 bits per heavy atom. The van der Waals surface area contributed by atoms with E-state index in [1.54, 1.807) is 0 Å². The summed E-state index contributed by atoms with van der Waals surface area (Å²) in [5.74, 6) is 0. The maximum absolute atomic E-state index is 2.30. The molecule has 0 aromatic heterocycles. The molecule has 3 heteroatoms. The molecule has 0 saturated heterocycles. The van der Waals surface area contributed by atoms with Crippen LogP contribution in [0.5, 0.6) is 0 Å². The second-order valence-corrected chi connectivity index (χ2v) is 9.61. The Morgan fingerprint density at radius 3 is 0.846 bits per heavy atom. The topological polar surface area (TPSA) is 6.48 Å². The summed E-state index contributed by atoms with van der Waals surface area (Å²) >= 11 is 0. The molecule has 0 radical (unpaired) electrons. The smallest absolute Gasteiger partial charge is 0.139 e. The molecule has 39 heavy (non-hydrogen) atoms. The molecule has 0 aliphatic rings. The van der Waals surface area contributed by atoms with E-state index in [2.05, 4.69) is 181 Å². The van der Waals surface area contributed by atoms with Gasteiger partial charge in [-0.2, -0.15) is 0 Å². The Kier molecular flexibility index (Phi) is 6.96. The van der Waals surface area contributed by atoms with Crippen LogP contribution in [0.25, 0.3) is 11.1 Å². The first-order chi connectivity index (χ1) is 19.3. The monoisotopic (exact) mass is 500 g/mol. The van der Waals surface area contributed by atoms with Gasteiger partial charge in [0.1, 0.15) is 7.85 Å². The zero-order valence-corrected chi connectivity index (χ0v) is 22.0. The van der Waals surface area contributed by atoms with Crippen molar-refractivity contribution in [1.82, 2.24) is 0 Å². The third-order valence-corrected chi connectivity index (χ3v) is 6.92. The minimum absolute atomic E-state index is 1.13. The minimum Gasteiger partial charge on any atom is -0.311 e. The van der Waals surface area contributed by atoms with E-state index in [4.69, 9.17) is 0 Å². The lowest BCUT2D eigenvalue weighted by molar-refractivity contribution is 1.28. The van der Waals surface area contributed by atoms with Crippen molar-refractivity contribution in [3.05, 3.63) is 164 Å². The molecule has 0 atom stereocenters. The summed E-state index contributed by atoms with van der Waals surface area (Å²) in [6, 6.07) is 57.9. The summed E-state index contributed by atoms with van der Waals surface area (Å²) in [5.41, 5.74) is 10.4. The lowest BCUT2D eigenvalue weighted by Gasteiger charge is -2.26. The third kappa shape index (κ3) is 5.34. The molecule has 0 spiro atoms. The molecule has 6 aromatic carbocycles. The normalized spacial score (nSPS) is 10.7. The lowest BCUT2D eigenvalue weighted by atomic mass is 9.96. The predicted octanol–water partition coefficient (Wildman–Crippen LogP) is 8.55. The van der Waals surface area contributed by atoms with Crippen LogP contribution in [0.1, 0.15) is 0 Å². The molecule has 0 bridgehead atoms. The highest BCUT2D eigenvalue weighted by atomic mass is 15.1. The summed E-state index contributed by atoms with van der Waals surface area (Å²) in [7, 11) is 2.12. The van der Waals surface area contributed by atoms with Gasteiger partial charge in [0.15, 0.2) is 0 Å². The molecule has 6 rings (SSSR count). The maximum Gasteiger partial charge on any atom is 0.139 e. The number of hydrogen-bond acceptors (Lipinski definition) is 2. The van der Waals surface area contributed by atoms with Gasteiger partial charge in [0.25, 0.3) is 0 Å². The first kappa shape index (κ1) is 24.3. The fraction of sp³-hybridized carbons (Fsp3) is 0. The average Bonchev–Trinajstić information content (AvgIpc) is 3.01. The molecular weight excluding hydrogens is 471 g/mol. The molecule has 0 amide bonds. The van der Waals surface area contributed by atoms with Crippen LogP contribution in [0.3, 0.4) is 0 Å². The molecule has 186 valence electrons. The molecule has 0 saturated carbocycles. The van der Waals surface area contributed by atoms with E-state index >= 15 is 0 Å². The fourth-order valence-corrected chi connectivity index (χ4v) is 4.93. The predicted molar refractivity (Wildman–Crippen MR) is 169 cm³/mol. The van der Waals surface area contributed by atoms with Crippen LogP contribution in [0.15, 0.2) is 164 Å². The number of para-hydroxylation sites is 3. The first-order valence-electron chi connectivity index (χ1n) is 13.3. The van der Waals surface area contributed by atoms with Gasteiger partial charge in [0, 0.05) is 34.1 Å². The molecule has 2 nitrogen and oxygen atoms in total. The molecule has 0 N–H and O–H groups in total. The van der Waals surface area contributed by atoms with E-state index in [-0.39, 0.29) is 0 Å². The van der Waals surface area contributed by atoms with Gasteiger partial charge >= 0.3 is 0 Å². The van der Waals surface area contributed by atoms with E-state index < -0.39 is 0 Å². The van der Waals surface area contributed by atoms with Crippen LogP contribution in [-0.4, -0.2) is 7.85 Å². The van der Waals surface area contributed by atoms with Gasteiger partial charge in [0.05, 0.1) is 0 Å². The van der Waals surface area contributed by atoms with Crippen molar-refractivity contribution < 1.29 is 0 Å². The number of nitrogens with zero attached hydrogens (tertiary/aromatic N) is 2. The first-order valence-corrected chi connectivity index (χ1v) is 13.3. The van der Waals surface area contributed by atoms with Crippen LogP contribution < -0.4 is 15.3 Å². The second kappa shape index (κ2) is 11.2. The molecule has 0 aliphatic carbocycles. The van der Waals surface area contributed by atoms with Crippen molar-refractivity contribution in [2.24, 2.45) is 0 Å². The standard InChI is InChI=1S/C36H29BN2/c37-30-20-26-36(27-21-30)39(33-14-8-3-9-15-33)35-24-18-29(19-25-35)28-16-22-34(23-17-28)38(31-10-4-1-5-11-31)32-12-6-2-7-13-32/h1-27H,37H2. The Morgan fingerprint density at radius 1 is 0.282 bits per heavy atom. The van der Waals surface area contributed by atoms with Crippen molar-refractivity contribution in [2.75, 3.05) is 9.80 Å². The quantitative estimate of drug-likeness (QED) is 0.203.